The van der Waals surface area contributed by atoms with Crippen molar-refractivity contribution >= 4 is 28.1 Å². The van der Waals surface area contributed by atoms with Gasteiger partial charge in [-0.05, 0) is 69.7 Å². The van der Waals surface area contributed by atoms with Crippen molar-refractivity contribution in [1.29, 1.82) is 0 Å². The van der Waals surface area contributed by atoms with Crippen molar-refractivity contribution in [3.8, 4) is 11.4 Å². The second-order valence-electron chi connectivity index (χ2n) is 10.0. The summed E-state index contributed by atoms with van der Waals surface area (Å²) in [6.07, 6.45) is 7.09. The second-order valence-corrected chi connectivity index (χ2v) is 12.5. The summed E-state index contributed by atoms with van der Waals surface area (Å²) in [5.41, 5.74) is 2.19. The smallest absolute Gasteiger partial charge is 0.319 e. The monoisotopic (exact) mass is 501 g/mol. The van der Waals surface area contributed by atoms with Crippen molar-refractivity contribution in [3.05, 3.63) is 36.0 Å². The second kappa shape index (κ2) is 9.57. The molecule has 5 rings (SSSR count). The molecule has 2 aromatic rings. The molecular weight excluding hydrogens is 466 g/mol. The largest absolute Gasteiger partial charge is 0.377 e. The Bertz CT molecular complexity index is 1070. The summed E-state index contributed by atoms with van der Waals surface area (Å²) in [5.74, 6) is 1.31. The first-order chi connectivity index (χ1) is 16.7. The summed E-state index contributed by atoms with van der Waals surface area (Å²) in [6.45, 7) is 4.05. The van der Waals surface area contributed by atoms with Crippen LogP contribution in [0.15, 0.2) is 30.3 Å². The highest BCUT2D eigenvalue weighted by Gasteiger charge is 2.49. The van der Waals surface area contributed by atoms with E-state index < -0.39 is 15.3 Å². The molecule has 2 amide bonds. The minimum absolute atomic E-state index is 0.152. The van der Waals surface area contributed by atoms with Gasteiger partial charge in [-0.25, -0.2) is 14.8 Å². The van der Waals surface area contributed by atoms with Crippen LogP contribution in [0.4, 0.5) is 16.3 Å². The topological polar surface area (TPSA) is 120 Å². The zero-order valence-electron chi connectivity index (χ0n) is 20.4. The van der Waals surface area contributed by atoms with Gasteiger partial charge < -0.3 is 20.3 Å². The van der Waals surface area contributed by atoms with E-state index in [4.69, 9.17) is 14.7 Å². The number of hydrogen-bond acceptors (Lipinski definition) is 7. The normalized spacial score (nSPS) is 22.6. The molecule has 1 atom stereocenters. The molecule has 190 valence electrons. The Morgan fingerprint density at radius 3 is 2.49 bits per heavy atom. The van der Waals surface area contributed by atoms with Gasteiger partial charge in [0.05, 0.1) is 24.9 Å². The van der Waals surface area contributed by atoms with Crippen molar-refractivity contribution in [2.24, 2.45) is 0 Å². The van der Waals surface area contributed by atoms with Gasteiger partial charge in [-0.15, -0.1) is 0 Å². The number of amides is 2. The van der Waals surface area contributed by atoms with Gasteiger partial charge in [-0.1, -0.05) is 0 Å². The zero-order chi connectivity index (χ0) is 24.6. The lowest BCUT2D eigenvalue weighted by Gasteiger charge is -2.53. The Balaban J connectivity index is 1.45. The van der Waals surface area contributed by atoms with Crippen LogP contribution >= 0.6 is 10.6 Å². The van der Waals surface area contributed by atoms with Gasteiger partial charge >= 0.3 is 6.03 Å². The molecular formula is C25H35N5O4S. The van der Waals surface area contributed by atoms with Crippen LogP contribution in [-0.2, 0) is 9.48 Å². The Morgan fingerprint density at radius 1 is 1.17 bits per heavy atom. The van der Waals surface area contributed by atoms with Crippen molar-refractivity contribution < 1.29 is 18.6 Å². The molecule has 2 heterocycles. The molecule has 1 saturated heterocycles. The van der Waals surface area contributed by atoms with Crippen molar-refractivity contribution in [1.82, 2.24) is 15.3 Å². The van der Waals surface area contributed by atoms with E-state index >= 15 is 0 Å². The molecule has 2 saturated carbocycles. The van der Waals surface area contributed by atoms with Crippen LogP contribution in [0.5, 0.6) is 0 Å². The quantitative estimate of drug-likeness (QED) is 0.449. The number of carbonyl (C=O) groups excluding carboxylic acids is 1. The molecule has 35 heavy (non-hydrogen) atoms. The molecule has 0 spiro atoms. The lowest BCUT2D eigenvalue weighted by atomic mass is 9.81. The van der Waals surface area contributed by atoms with Crippen LogP contribution in [0.3, 0.4) is 0 Å². The number of anilines is 2. The summed E-state index contributed by atoms with van der Waals surface area (Å²) in [7, 11) is -2.86. The Hall–Kier alpha value is -2.40. The van der Waals surface area contributed by atoms with Crippen LogP contribution in [-0.4, -0.2) is 63.2 Å². The first-order valence-corrected chi connectivity index (χ1v) is 14.4. The molecule has 3 fully saturated rings. The van der Waals surface area contributed by atoms with Crippen LogP contribution in [0, 0.1) is 0 Å². The number of hydrogen-bond donors (Lipinski definition) is 4. The zero-order valence-corrected chi connectivity index (χ0v) is 21.2. The summed E-state index contributed by atoms with van der Waals surface area (Å²) >= 11 is 0. The van der Waals surface area contributed by atoms with E-state index in [1.165, 1.54) is 12.7 Å². The van der Waals surface area contributed by atoms with E-state index in [2.05, 4.69) is 22.5 Å². The van der Waals surface area contributed by atoms with Gasteiger partial charge in [0.2, 0.25) is 0 Å². The van der Waals surface area contributed by atoms with Crippen LogP contribution < -0.4 is 15.5 Å². The number of morpholine rings is 1. The van der Waals surface area contributed by atoms with Crippen molar-refractivity contribution in [2.45, 2.75) is 62.3 Å². The fourth-order valence-corrected chi connectivity index (χ4v) is 6.52. The van der Waals surface area contributed by atoms with Crippen LogP contribution in [0.2, 0.25) is 0 Å². The molecule has 4 N–H and O–H groups in total. The number of ether oxygens (including phenoxy) is 1. The lowest BCUT2D eigenvalue weighted by molar-refractivity contribution is 0.0985. The van der Waals surface area contributed by atoms with E-state index in [1.807, 2.05) is 30.3 Å². The van der Waals surface area contributed by atoms with E-state index in [0.717, 1.165) is 30.6 Å². The number of carbonyl (C=O) groups is 1. The predicted molar refractivity (Wildman–Crippen MR) is 139 cm³/mol. The Labute approximate surface area is 208 Å². The molecule has 1 aromatic carbocycles. The Morgan fingerprint density at radius 2 is 1.91 bits per heavy atom. The van der Waals surface area contributed by atoms with Gasteiger partial charge in [-0.2, -0.15) is 10.6 Å². The SMILES string of the molecule is C[C@H]1COCCN1c1cc(C2(S(C)(O)O)CCC2)nc(-c2ccc(NC(=O)NC3CCC3)cc2)n1. The number of nitrogens with one attached hydrogen (secondary N) is 2. The van der Waals surface area contributed by atoms with Gasteiger partial charge in [0.25, 0.3) is 0 Å². The van der Waals surface area contributed by atoms with Gasteiger partial charge in [-0.3, -0.25) is 9.11 Å². The maximum atomic E-state index is 12.2. The molecule has 0 radical (unpaired) electrons. The molecule has 1 aromatic heterocycles. The van der Waals surface area contributed by atoms with E-state index in [1.54, 1.807) is 0 Å². The molecule has 0 unspecified atom stereocenters. The van der Waals surface area contributed by atoms with E-state index in [0.29, 0.717) is 49.8 Å². The van der Waals surface area contributed by atoms with Crippen LogP contribution in [0.25, 0.3) is 11.4 Å². The molecule has 2 aliphatic carbocycles. The summed E-state index contributed by atoms with van der Waals surface area (Å²) < 4.78 is 26.4. The highest BCUT2D eigenvalue weighted by molar-refractivity contribution is 8.24. The number of nitrogens with zero attached hydrogens (tertiary/aromatic N) is 3. The average Bonchev–Trinajstić information content (AvgIpc) is 2.75. The predicted octanol–water partition coefficient (Wildman–Crippen LogP) is 4.80. The van der Waals surface area contributed by atoms with E-state index in [9.17, 15) is 13.9 Å². The average molecular weight is 502 g/mol. The van der Waals surface area contributed by atoms with Crippen LogP contribution in [0.1, 0.15) is 51.1 Å². The fourth-order valence-electron chi connectivity index (χ4n) is 4.96. The molecule has 10 heteroatoms. The molecule has 0 bridgehead atoms. The third kappa shape index (κ3) is 4.84. The standard InChI is InChI=1S/C25H35N5O4S/c1-17-16-34-14-13-30(17)22-15-21(25(11-4-12-25)35(2,32)33)28-23(29-22)18-7-9-20(10-8-18)27-24(31)26-19-5-3-6-19/h7-10,15,17,19,32-33H,3-6,11-14,16H2,1-2H3,(H2,26,27,31)/t17-/m0/s1. The van der Waals surface area contributed by atoms with Gasteiger partial charge in [0.1, 0.15) is 10.6 Å². The third-order valence-corrected chi connectivity index (χ3v) is 9.68. The minimum Gasteiger partial charge on any atom is -0.377 e. The minimum atomic E-state index is -2.86. The molecule has 3 aliphatic rings. The highest BCUT2D eigenvalue weighted by atomic mass is 32.3. The first kappa shape index (κ1) is 24.3. The number of urea groups is 1. The number of rotatable bonds is 6. The fraction of sp³-hybridized carbons (Fsp3) is 0.560. The van der Waals surface area contributed by atoms with Gasteiger partial charge in [0, 0.05) is 36.2 Å². The number of benzene rings is 1. The Kier molecular flexibility index (Phi) is 6.65. The summed E-state index contributed by atoms with van der Waals surface area (Å²) in [4.78, 5) is 24.2. The number of aromatic nitrogens is 2. The lowest BCUT2D eigenvalue weighted by Crippen LogP contribution is -2.45. The van der Waals surface area contributed by atoms with Crippen molar-refractivity contribution in [2.75, 3.05) is 36.2 Å². The maximum absolute atomic E-state index is 12.2. The molecule has 9 nitrogen and oxygen atoms in total. The third-order valence-electron chi connectivity index (χ3n) is 7.58. The molecule has 1 aliphatic heterocycles. The van der Waals surface area contributed by atoms with E-state index in [-0.39, 0.29) is 18.1 Å². The first-order valence-electron chi connectivity index (χ1n) is 12.4. The highest BCUT2D eigenvalue weighted by Crippen LogP contribution is 2.65. The van der Waals surface area contributed by atoms with Gasteiger partial charge in [0.15, 0.2) is 5.82 Å². The summed E-state index contributed by atoms with van der Waals surface area (Å²) in [5, 5.41) is 5.86. The maximum Gasteiger partial charge on any atom is 0.319 e. The summed E-state index contributed by atoms with van der Waals surface area (Å²) in [6, 6.07) is 9.64. The van der Waals surface area contributed by atoms with Crippen molar-refractivity contribution in [3.63, 3.8) is 0 Å².